The first-order chi connectivity index (χ1) is 6.91. The lowest BCUT2D eigenvalue weighted by atomic mass is 10.1. The van der Waals surface area contributed by atoms with Crippen molar-refractivity contribution in [1.29, 1.82) is 0 Å². The molecule has 0 saturated heterocycles. The van der Waals surface area contributed by atoms with Crippen LogP contribution in [0.4, 0.5) is 0 Å². The van der Waals surface area contributed by atoms with Crippen LogP contribution in [0.2, 0.25) is 0 Å². The van der Waals surface area contributed by atoms with Crippen molar-refractivity contribution in [3.8, 4) is 0 Å². The molecule has 0 bridgehead atoms. The van der Waals surface area contributed by atoms with Gasteiger partial charge in [-0.3, -0.25) is 0 Å². The largest absolute Gasteiger partial charge is 0.551 e. The lowest BCUT2D eigenvalue weighted by Gasteiger charge is -2.21. The minimum absolute atomic E-state index is 0.474. The highest BCUT2D eigenvalue weighted by Crippen LogP contribution is 2.21. The molecule has 92 valence electrons. The van der Waals surface area contributed by atoms with Gasteiger partial charge in [-0.1, -0.05) is 62.7 Å². The first kappa shape index (κ1) is 15.7. The van der Waals surface area contributed by atoms with Crippen LogP contribution in [0.1, 0.15) is 40.5 Å². The first-order valence-electron chi connectivity index (χ1n) is 5.57. The van der Waals surface area contributed by atoms with Crippen molar-refractivity contribution in [2.45, 2.75) is 40.5 Å². The van der Waals surface area contributed by atoms with Gasteiger partial charge in [-0.05, 0) is 11.8 Å². The van der Waals surface area contributed by atoms with Crippen molar-refractivity contribution < 1.29 is 8.85 Å². The second kappa shape index (κ2) is 7.90. The van der Waals surface area contributed by atoms with E-state index in [2.05, 4.69) is 27.7 Å². The Hall–Kier alpha value is 0.717. The van der Waals surface area contributed by atoms with Crippen LogP contribution in [-0.2, 0) is 8.85 Å². The zero-order valence-corrected chi connectivity index (χ0v) is 12.6. The first-order valence-corrected chi connectivity index (χ1v) is 9.41. The molecule has 15 heavy (non-hydrogen) atoms. The maximum Gasteiger partial charge on any atom is 0.551 e. The SMILES string of the molecule is CCC(C)CO[Si](Cl)(Cl)OCC(C)CC. The smallest absolute Gasteiger partial charge is 0.371 e. The molecular formula is C10H22Cl2O2Si. The lowest BCUT2D eigenvalue weighted by Crippen LogP contribution is -2.33. The Morgan fingerprint density at radius 1 is 0.933 bits per heavy atom. The predicted octanol–water partition coefficient (Wildman–Crippen LogP) is 4.03. The summed E-state index contributed by atoms with van der Waals surface area (Å²) in [6.45, 7) is 9.59. The van der Waals surface area contributed by atoms with E-state index in [1.165, 1.54) is 0 Å². The van der Waals surface area contributed by atoms with Crippen molar-refractivity contribution in [2.75, 3.05) is 13.2 Å². The van der Waals surface area contributed by atoms with E-state index in [-0.39, 0.29) is 0 Å². The van der Waals surface area contributed by atoms with Crippen molar-refractivity contribution in [3.63, 3.8) is 0 Å². The number of halogens is 2. The summed E-state index contributed by atoms with van der Waals surface area (Å²) in [5.41, 5.74) is 0. The highest BCUT2D eigenvalue weighted by Gasteiger charge is 2.34. The normalized spacial score (nSPS) is 16.4. The van der Waals surface area contributed by atoms with E-state index in [1.807, 2.05) is 0 Å². The van der Waals surface area contributed by atoms with Crippen LogP contribution in [0.5, 0.6) is 0 Å². The average molecular weight is 273 g/mol. The standard InChI is InChI=1S/C10H22Cl2O2Si/c1-5-9(3)7-13-15(11,12)14-8-10(4)6-2/h9-10H,5-8H2,1-4H3. The second-order valence-corrected chi connectivity index (χ2v) is 9.18. The third kappa shape index (κ3) is 8.52. The summed E-state index contributed by atoms with van der Waals surface area (Å²) < 4.78 is 10.8. The van der Waals surface area contributed by atoms with Gasteiger partial charge in [0.25, 0.3) is 0 Å². The van der Waals surface area contributed by atoms with E-state index >= 15 is 0 Å². The molecule has 0 aromatic rings. The summed E-state index contributed by atoms with van der Waals surface area (Å²) in [5, 5.41) is 0. The molecular weight excluding hydrogens is 251 g/mol. The summed E-state index contributed by atoms with van der Waals surface area (Å²) in [6, 6.07) is 0. The molecule has 0 saturated carbocycles. The summed E-state index contributed by atoms with van der Waals surface area (Å²) >= 11 is 12.0. The number of hydrogen-bond donors (Lipinski definition) is 0. The van der Waals surface area contributed by atoms with Gasteiger partial charge in [0.15, 0.2) is 0 Å². The highest BCUT2D eigenvalue weighted by molar-refractivity contribution is 7.39. The van der Waals surface area contributed by atoms with Gasteiger partial charge in [0, 0.05) is 13.2 Å². The molecule has 0 aromatic heterocycles. The Bertz CT molecular complexity index is 152. The molecule has 2 nitrogen and oxygen atoms in total. The van der Waals surface area contributed by atoms with Gasteiger partial charge < -0.3 is 8.85 Å². The molecule has 0 rings (SSSR count). The monoisotopic (exact) mass is 272 g/mol. The van der Waals surface area contributed by atoms with Gasteiger partial charge >= 0.3 is 7.18 Å². The molecule has 2 atom stereocenters. The van der Waals surface area contributed by atoms with Crippen LogP contribution < -0.4 is 0 Å². The lowest BCUT2D eigenvalue weighted by molar-refractivity contribution is 0.161. The highest BCUT2D eigenvalue weighted by atomic mass is 35.7. The van der Waals surface area contributed by atoms with Crippen LogP contribution >= 0.6 is 22.2 Å². The number of rotatable bonds is 8. The van der Waals surface area contributed by atoms with Gasteiger partial charge in [-0.15, -0.1) is 0 Å². The molecule has 2 unspecified atom stereocenters. The summed E-state index contributed by atoms with van der Waals surface area (Å²) in [5.74, 6) is 0.947. The quantitative estimate of drug-likeness (QED) is 0.491. The Labute approximate surface area is 104 Å². The molecule has 0 aromatic carbocycles. The van der Waals surface area contributed by atoms with Gasteiger partial charge in [0.2, 0.25) is 0 Å². The van der Waals surface area contributed by atoms with Crippen LogP contribution in [0.15, 0.2) is 0 Å². The molecule has 0 radical (unpaired) electrons. The Kier molecular flexibility index (Phi) is 8.28. The van der Waals surface area contributed by atoms with E-state index in [0.717, 1.165) is 12.8 Å². The molecule has 0 heterocycles. The molecule has 0 spiro atoms. The maximum absolute atomic E-state index is 6.00. The van der Waals surface area contributed by atoms with Gasteiger partial charge in [0.1, 0.15) is 0 Å². The zero-order valence-electron chi connectivity index (χ0n) is 10.1. The van der Waals surface area contributed by atoms with Crippen molar-refractivity contribution in [1.82, 2.24) is 0 Å². The van der Waals surface area contributed by atoms with Crippen molar-refractivity contribution in [3.05, 3.63) is 0 Å². The van der Waals surface area contributed by atoms with Crippen molar-refractivity contribution >= 4 is 29.3 Å². The average Bonchev–Trinajstić information content (AvgIpc) is 2.22. The van der Waals surface area contributed by atoms with Crippen molar-refractivity contribution in [2.24, 2.45) is 11.8 Å². The van der Waals surface area contributed by atoms with Gasteiger partial charge in [-0.2, -0.15) is 0 Å². The Morgan fingerprint density at radius 3 is 1.53 bits per heavy atom. The van der Waals surface area contributed by atoms with Crippen LogP contribution in [0.3, 0.4) is 0 Å². The zero-order chi connectivity index (χ0) is 11.9. The molecule has 0 fully saturated rings. The van der Waals surface area contributed by atoms with Crippen LogP contribution in [0, 0.1) is 11.8 Å². The Balaban J connectivity index is 3.75. The van der Waals surface area contributed by atoms with Gasteiger partial charge in [0.05, 0.1) is 0 Å². The molecule has 0 N–H and O–H groups in total. The summed E-state index contributed by atoms with van der Waals surface area (Å²) in [6.07, 6.45) is 2.12. The fourth-order valence-electron chi connectivity index (χ4n) is 0.756. The van der Waals surface area contributed by atoms with E-state index in [4.69, 9.17) is 31.0 Å². The maximum atomic E-state index is 6.00. The van der Waals surface area contributed by atoms with Crippen LogP contribution in [-0.4, -0.2) is 20.4 Å². The van der Waals surface area contributed by atoms with E-state index in [1.54, 1.807) is 0 Å². The fraction of sp³-hybridized carbons (Fsp3) is 1.00. The third-order valence-electron chi connectivity index (χ3n) is 2.47. The number of hydrogen-bond acceptors (Lipinski definition) is 2. The minimum Gasteiger partial charge on any atom is -0.371 e. The Morgan fingerprint density at radius 2 is 1.27 bits per heavy atom. The van der Waals surface area contributed by atoms with E-state index < -0.39 is 7.18 Å². The molecule has 0 aliphatic rings. The topological polar surface area (TPSA) is 18.5 Å². The molecule has 0 aliphatic heterocycles. The van der Waals surface area contributed by atoms with Gasteiger partial charge in [-0.25, -0.2) is 0 Å². The molecule has 0 aliphatic carbocycles. The summed E-state index contributed by atoms with van der Waals surface area (Å²) in [7, 11) is -2.92. The summed E-state index contributed by atoms with van der Waals surface area (Å²) in [4.78, 5) is 0. The second-order valence-electron chi connectivity index (χ2n) is 4.11. The predicted molar refractivity (Wildman–Crippen MR) is 68.3 cm³/mol. The molecule has 0 amide bonds. The van der Waals surface area contributed by atoms with E-state index in [9.17, 15) is 0 Å². The van der Waals surface area contributed by atoms with Crippen LogP contribution in [0.25, 0.3) is 0 Å². The fourth-order valence-corrected chi connectivity index (χ4v) is 2.55. The minimum atomic E-state index is -2.92. The third-order valence-corrected chi connectivity index (χ3v) is 4.78. The molecule has 5 heteroatoms. The van der Waals surface area contributed by atoms with E-state index in [0.29, 0.717) is 25.0 Å².